The molecule has 1 fully saturated rings. The van der Waals surface area contributed by atoms with E-state index in [1.807, 2.05) is 0 Å². The van der Waals surface area contributed by atoms with Crippen LogP contribution in [-0.2, 0) is 24.4 Å². The van der Waals surface area contributed by atoms with E-state index in [-0.39, 0.29) is 22.5 Å². The molecule has 0 unspecified atom stereocenters. The number of nitrogens with zero attached hydrogens (tertiary/aromatic N) is 1. The van der Waals surface area contributed by atoms with Crippen LogP contribution < -0.4 is 14.8 Å². The van der Waals surface area contributed by atoms with E-state index in [4.69, 9.17) is 4.74 Å². The minimum absolute atomic E-state index is 0.120. The quantitative estimate of drug-likeness (QED) is 0.770. The lowest BCUT2D eigenvalue weighted by atomic mass is 10.1. The fraction of sp³-hybridized carbons (Fsp3) is 0.471. The second-order valence-corrected chi connectivity index (χ2v) is 8.35. The molecule has 146 valence electrons. The summed E-state index contributed by atoms with van der Waals surface area (Å²) in [7, 11) is -4.17. The first kappa shape index (κ1) is 19.2. The van der Waals surface area contributed by atoms with E-state index >= 15 is 0 Å². The van der Waals surface area contributed by atoms with Gasteiger partial charge in [-0.1, -0.05) is 0 Å². The van der Waals surface area contributed by atoms with Crippen LogP contribution in [0.2, 0.25) is 0 Å². The molecule has 10 heteroatoms. The fourth-order valence-electron chi connectivity index (χ4n) is 3.30. The van der Waals surface area contributed by atoms with Crippen LogP contribution in [0.4, 0.5) is 5.69 Å². The van der Waals surface area contributed by atoms with E-state index in [1.165, 1.54) is 24.0 Å². The predicted octanol–water partition coefficient (Wildman–Crippen LogP) is 0.530. The van der Waals surface area contributed by atoms with Gasteiger partial charge in [0.2, 0.25) is 5.91 Å². The third kappa shape index (κ3) is 3.61. The summed E-state index contributed by atoms with van der Waals surface area (Å²) in [6.45, 7) is 4.88. The highest BCUT2D eigenvalue weighted by molar-refractivity contribution is 7.90. The topological polar surface area (TPSA) is 122 Å². The van der Waals surface area contributed by atoms with Crippen molar-refractivity contribution in [2.45, 2.75) is 50.7 Å². The summed E-state index contributed by atoms with van der Waals surface area (Å²) in [4.78, 5) is 37.0. The Morgan fingerprint density at radius 2 is 2.04 bits per heavy atom. The number of carbonyl (C=O) groups is 3. The van der Waals surface area contributed by atoms with Crippen LogP contribution in [0.3, 0.4) is 0 Å². The van der Waals surface area contributed by atoms with Crippen LogP contribution in [0.15, 0.2) is 17.0 Å². The van der Waals surface area contributed by atoms with Crippen molar-refractivity contribution in [3.05, 3.63) is 17.7 Å². The molecule has 0 spiro atoms. The lowest BCUT2D eigenvalue weighted by Crippen LogP contribution is -2.47. The molecule has 2 atom stereocenters. The zero-order valence-electron chi connectivity index (χ0n) is 15.2. The van der Waals surface area contributed by atoms with E-state index in [0.29, 0.717) is 30.6 Å². The summed E-state index contributed by atoms with van der Waals surface area (Å²) in [6.07, 6.45) is 0.297. The van der Waals surface area contributed by atoms with E-state index in [1.54, 1.807) is 13.8 Å². The number of anilines is 1. The molecule has 0 saturated carbocycles. The summed E-state index contributed by atoms with van der Waals surface area (Å²) in [5, 5.41) is 2.64. The Bertz CT molecular complexity index is 927. The van der Waals surface area contributed by atoms with Gasteiger partial charge in [-0.15, -0.1) is 0 Å². The van der Waals surface area contributed by atoms with Gasteiger partial charge in [-0.25, -0.2) is 13.1 Å². The normalized spacial score (nSPS) is 21.9. The molecule has 2 aliphatic rings. The van der Waals surface area contributed by atoms with Gasteiger partial charge in [-0.3, -0.25) is 14.4 Å². The Morgan fingerprint density at radius 3 is 2.70 bits per heavy atom. The molecule has 2 heterocycles. The predicted molar refractivity (Wildman–Crippen MR) is 95.6 cm³/mol. The molecule has 0 bridgehead atoms. The number of ether oxygens (including phenoxy) is 1. The molecule has 1 saturated heterocycles. The van der Waals surface area contributed by atoms with Gasteiger partial charge in [-0.2, -0.15) is 0 Å². The van der Waals surface area contributed by atoms with Crippen molar-refractivity contribution < 1.29 is 27.5 Å². The van der Waals surface area contributed by atoms with Crippen molar-refractivity contribution in [2.24, 2.45) is 0 Å². The number of carbonyl (C=O) groups excluding carboxylic acids is 3. The fourth-order valence-corrected chi connectivity index (χ4v) is 4.56. The maximum atomic E-state index is 12.8. The highest BCUT2D eigenvalue weighted by atomic mass is 32.2. The number of sulfonamides is 1. The summed E-state index contributed by atoms with van der Waals surface area (Å²) in [6, 6.07) is 1.97. The Kier molecular flexibility index (Phi) is 4.85. The number of fused-ring (bicyclic) bond motifs is 1. The highest BCUT2D eigenvalue weighted by Crippen LogP contribution is 2.34. The molecular weight excluding hydrogens is 374 g/mol. The molecule has 0 aliphatic carbocycles. The van der Waals surface area contributed by atoms with Gasteiger partial charge in [0.15, 0.2) is 6.10 Å². The summed E-state index contributed by atoms with van der Waals surface area (Å²) >= 11 is 0. The van der Waals surface area contributed by atoms with Crippen molar-refractivity contribution in [1.82, 2.24) is 9.62 Å². The number of hydrogen-bond donors (Lipinski definition) is 2. The second-order valence-electron chi connectivity index (χ2n) is 6.70. The van der Waals surface area contributed by atoms with Gasteiger partial charge in [0.1, 0.15) is 11.8 Å². The third-order valence-corrected chi connectivity index (χ3v) is 6.18. The summed E-state index contributed by atoms with van der Waals surface area (Å²) in [5.41, 5.74) is 0.724. The van der Waals surface area contributed by atoms with Crippen LogP contribution in [0, 0.1) is 6.92 Å². The number of likely N-dealkylation sites (tertiary alicyclic amines) is 1. The molecular formula is C17H21N3O6S. The maximum absolute atomic E-state index is 12.8. The molecule has 27 heavy (non-hydrogen) atoms. The standard InChI is InChI=1S/C17H21N3O6S/c1-9-7-12-14(26-10(2)16(22)18-12)8-15(9)27(24,25)19-17(23)13-5-4-6-20(13)11(3)21/h7-8,10,13H,4-6H2,1-3H3,(H,18,22)(H,19,23)/t10-,13-/m0/s1. The van der Waals surface area contributed by atoms with Crippen molar-refractivity contribution in [1.29, 1.82) is 0 Å². The Labute approximate surface area is 157 Å². The molecule has 3 rings (SSSR count). The first-order chi connectivity index (χ1) is 12.6. The van der Waals surface area contributed by atoms with Gasteiger partial charge >= 0.3 is 0 Å². The zero-order chi connectivity index (χ0) is 19.9. The number of amides is 3. The lowest BCUT2D eigenvalue weighted by molar-refractivity contribution is -0.136. The molecule has 1 aromatic rings. The monoisotopic (exact) mass is 395 g/mol. The minimum Gasteiger partial charge on any atom is -0.479 e. The first-order valence-electron chi connectivity index (χ1n) is 8.56. The smallest absolute Gasteiger partial charge is 0.265 e. The van der Waals surface area contributed by atoms with Gasteiger partial charge in [0, 0.05) is 19.5 Å². The average Bonchev–Trinajstić information content (AvgIpc) is 3.05. The number of hydrogen-bond acceptors (Lipinski definition) is 6. The number of benzene rings is 1. The zero-order valence-corrected chi connectivity index (χ0v) is 16.1. The average molecular weight is 395 g/mol. The van der Waals surface area contributed by atoms with E-state index in [0.717, 1.165) is 0 Å². The summed E-state index contributed by atoms with van der Waals surface area (Å²) in [5.74, 6) is -1.11. The molecule has 9 nitrogen and oxygen atoms in total. The van der Waals surface area contributed by atoms with Crippen LogP contribution in [0.1, 0.15) is 32.3 Å². The Hall–Kier alpha value is -2.62. The van der Waals surface area contributed by atoms with Crippen molar-refractivity contribution in [2.75, 3.05) is 11.9 Å². The van der Waals surface area contributed by atoms with E-state index < -0.39 is 28.1 Å². The van der Waals surface area contributed by atoms with Crippen LogP contribution in [0.25, 0.3) is 0 Å². The van der Waals surface area contributed by atoms with E-state index in [9.17, 15) is 22.8 Å². The molecule has 0 aromatic heterocycles. The van der Waals surface area contributed by atoms with Crippen LogP contribution >= 0.6 is 0 Å². The van der Waals surface area contributed by atoms with Crippen molar-refractivity contribution in [3.8, 4) is 5.75 Å². The Morgan fingerprint density at radius 1 is 1.33 bits per heavy atom. The highest BCUT2D eigenvalue weighted by Gasteiger charge is 2.35. The largest absolute Gasteiger partial charge is 0.479 e. The van der Waals surface area contributed by atoms with Gasteiger partial charge in [0.25, 0.3) is 21.8 Å². The SMILES string of the molecule is CC(=O)N1CCC[C@H]1C(=O)NS(=O)(=O)c1cc2c(cc1C)NC(=O)[C@H](C)O2. The minimum atomic E-state index is -4.17. The van der Waals surface area contributed by atoms with Crippen molar-refractivity contribution in [3.63, 3.8) is 0 Å². The van der Waals surface area contributed by atoms with Gasteiger partial charge < -0.3 is 15.0 Å². The molecule has 1 aromatic carbocycles. The van der Waals surface area contributed by atoms with Gasteiger partial charge in [-0.05, 0) is 38.3 Å². The lowest BCUT2D eigenvalue weighted by Gasteiger charge is -2.25. The molecule has 3 amide bonds. The number of rotatable bonds is 3. The second kappa shape index (κ2) is 6.84. The van der Waals surface area contributed by atoms with E-state index in [2.05, 4.69) is 10.0 Å². The summed E-state index contributed by atoms with van der Waals surface area (Å²) < 4.78 is 33.0. The van der Waals surface area contributed by atoms with Gasteiger partial charge in [0.05, 0.1) is 10.6 Å². The molecule has 2 N–H and O–H groups in total. The number of aryl methyl sites for hydroxylation is 1. The first-order valence-corrected chi connectivity index (χ1v) is 10.0. The van der Waals surface area contributed by atoms with Crippen LogP contribution in [-0.4, -0.2) is 49.7 Å². The van der Waals surface area contributed by atoms with Crippen LogP contribution in [0.5, 0.6) is 5.75 Å². The molecule has 2 aliphatic heterocycles. The molecule has 0 radical (unpaired) electrons. The third-order valence-electron chi connectivity index (χ3n) is 4.69. The van der Waals surface area contributed by atoms with Crippen molar-refractivity contribution >= 4 is 33.4 Å². The maximum Gasteiger partial charge on any atom is 0.265 e. The number of nitrogens with one attached hydrogen (secondary N) is 2. The Balaban J connectivity index is 1.87.